The number of nitriles is 1. The highest BCUT2D eigenvalue weighted by atomic mass is 19.3. The van der Waals surface area contributed by atoms with Crippen LogP contribution >= 0.6 is 0 Å². The van der Waals surface area contributed by atoms with Crippen molar-refractivity contribution in [1.82, 2.24) is 15.1 Å². The fraction of sp³-hybridized carbons (Fsp3) is 0.593. The molecule has 0 radical (unpaired) electrons. The number of carbonyl (C=O) groups excluding carboxylic acids is 2. The van der Waals surface area contributed by atoms with Gasteiger partial charge in [0.1, 0.15) is 11.6 Å². The second-order valence-corrected chi connectivity index (χ2v) is 11.1. The number of hydrogen-bond acceptors (Lipinski definition) is 7. The van der Waals surface area contributed by atoms with Crippen LogP contribution in [0.4, 0.5) is 13.6 Å². The normalized spacial score (nSPS) is 20.7. The van der Waals surface area contributed by atoms with E-state index in [0.717, 1.165) is 11.1 Å². The number of halogens is 2. The summed E-state index contributed by atoms with van der Waals surface area (Å²) in [5, 5.41) is 31.6. The fourth-order valence-corrected chi connectivity index (χ4v) is 4.97. The first kappa shape index (κ1) is 30.5. The zero-order chi connectivity index (χ0) is 28.8. The Morgan fingerprint density at radius 1 is 1.31 bits per heavy atom. The highest BCUT2D eigenvalue weighted by molar-refractivity contribution is 6.43. The van der Waals surface area contributed by atoms with Crippen LogP contribution in [0.1, 0.15) is 44.2 Å². The van der Waals surface area contributed by atoms with E-state index in [4.69, 9.17) is 4.74 Å². The molecule has 2 amide bonds. The van der Waals surface area contributed by atoms with Crippen molar-refractivity contribution >= 4 is 19.1 Å². The molecule has 2 fully saturated rings. The zero-order valence-electron chi connectivity index (χ0n) is 22.7. The number of likely N-dealkylation sites (tertiary alicyclic amines) is 2. The minimum absolute atomic E-state index is 0.00828. The molecule has 0 unspecified atom stereocenters. The molecule has 0 bridgehead atoms. The van der Waals surface area contributed by atoms with Gasteiger partial charge in [-0.25, -0.2) is 13.6 Å². The lowest BCUT2D eigenvalue weighted by molar-refractivity contribution is -0.128. The van der Waals surface area contributed by atoms with Crippen molar-refractivity contribution in [3.63, 3.8) is 0 Å². The molecule has 212 valence electrons. The van der Waals surface area contributed by atoms with E-state index >= 15 is 0 Å². The first-order valence-corrected chi connectivity index (χ1v) is 13.2. The summed E-state index contributed by atoms with van der Waals surface area (Å²) >= 11 is 0. The third-order valence-corrected chi connectivity index (χ3v) is 7.33. The lowest BCUT2D eigenvalue weighted by Crippen LogP contribution is -2.48. The van der Waals surface area contributed by atoms with Crippen LogP contribution in [-0.4, -0.2) is 89.2 Å². The maximum absolute atomic E-state index is 13.7. The van der Waals surface area contributed by atoms with Gasteiger partial charge in [0.25, 0.3) is 11.8 Å². The summed E-state index contributed by atoms with van der Waals surface area (Å²) in [6.45, 7) is 5.81. The van der Waals surface area contributed by atoms with E-state index in [-0.39, 0.29) is 44.0 Å². The first-order valence-electron chi connectivity index (χ1n) is 13.2. The third kappa shape index (κ3) is 8.75. The van der Waals surface area contributed by atoms with Gasteiger partial charge in [-0.15, -0.1) is 0 Å². The second-order valence-electron chi connectivity index (χ2n) is 11.1. The average molecular weight is 546 g/mol. The third-order valence-electron chi connectivity index (χ3n) is 7.33. The molecule has 0 aromatic heterocycles. The van der Waals surface area contributed by atoms with E-state index in [1.807, 2.05) is 37.3 Å². The Labute approximate surface area is 228 Å². The first-order chi connectivity index (χ1) is 18.3. The molecule has 12 heteroatoms. The summed E-state index contributed by atoms with van der Waals surface area (Å²) in [6, 6.07) is 9.41. The Hall–Kier alpha value is -3.01. The van der Waals surface area contributed by atoms with Crippen molar-refractivity contribution in [2.45, 2.75) is 63.9 Å². The van der Waals surface area contributed by atoms with Gasteiger partial charge in [-0.3, -0.25) is 9.69 Å². The number of benzene rings is 1. The number of alkyl halides is 2. The van der Waals surface area contributed by atoms with E-state index < -0.39 is 43.1 Å². The lowest BCUT2D eigenvalue weighted by atomic mass is 9.76. The summed E-state index contributed by atoms with van der Waals surface area (Å²) in [7, 11) is -1.78. The number of amides is 2. The monoisotopic (exact) mass is 546 g/mol. The SMILES string of the molecule is Cc1ccc(C[C@H](NC(=O)OC[C@H]2CCCN(C(=O)C(C#N)=CC(C)(C)N3CCC(F)(F)C3)C2)B(O)O)cc1. The molecule has 9 nitrogen and oxygen atoms in total. The van der Waals surface area contributed by atoms with Crippen LogP contribution in [0.2, 0.25) is 0 Å². The highest BCUT2D eigenvalue weighted by Crippen LogP contribution is 2.33. The quantitative estimate of drug-likeness (QED) is 0.247. The van der Waals surface area contributed by atoms with Crippen LogP contribution in [0.15, 0.2) is 35.9 Å². The molecule has 3 N–H and O–H groups in total. The van der Waals surface area contributed by atoms with Crippen LogP contribution in [0, 0.1) is 24.2 Å². The smallest absolute Gasteiger partial charge is 0.449 e. The molecule has 2 heterocycles. The van der Waals surface area contributed by atoms with Gasteiger partial charge in [-0.2, -0.15) is 5.26 Å². The Morgan fingerprint density at radius 3 is 2.59 bits per heavy atom. The van der Waals surface area contributed by atoms with Crippen molar-refractivity contribution in [2.75, 3.05) is 32.8 Å². The molecule has 3 rings (SSSR count). The Bertz CT molecular complexity index is 1090. The molecular formula is C27H37BF2N4O5. The molecule has 2 atom stereocenters. The van der Waals surface area contributed by atoms with Crippen LogP contribution in [0.5, 0.6) is 0 Å². The highest BCUT2D eigenvalue weighted by Gasteiger charge is 2.43. The van der Waals surface area contributed by atoms with Crippen molar-refractivity contribution in [1.29, 1.82) is 5.26 Å². The van der Waals surface area contributed by atoms with Gasteiger partial charge < -0.3 is 25.0 Å². The Balaban J connectivity index is 1.54. The average Bonchev–Trinajstić information content (AvgIpc) is 3.27. The van der Waals surface area contributed by atoms with Crippen molar-refractivity contribution in [3.8, 4) is 6.07 Å². The standard InChI is InChI=1S/C27H37BF2N4O5/c1-19-6-8-20(9-7-19)13-23(28(37)38)32-25(36)39-17-21-5-4-11-33(16-21)24(35)22(15-31)14-26(2,3)34-12-10-27(29,30)18-34/h6-9,14,21,23,37-38H,4-5,10-13,16-18H2,1-3H3,(H,32,36)/t21-,23-/m0/s1. The van der Waals surface area contributed by atoms with Gasteiger partial charge in [0.2, 0.25) is 0 Å². The maximum atomic E-state index is 13.7. The summed E-state index contributed by atoms with van der Waals surface area (Å²) in [6.07, 6.45) is 1.95. The van der Waals surface area contributed by atoms with Gasteiger partial charge in [-0.1, -0.05) is 29.8 Å². The second kappa shape index (κ2) is 12.9. The molecule has 0 aliphatic carbocycles. The molecule has 2 aliphatic rings. The minimum Gasteiger partial charge on any atom is -0.449 e. The molecule has 0 spiro atoms. The van der Waals surface area contributed by atoms with Gasteiger partial charge in [0.05, 0.1) is 19.1 Å². The van der Waals surface area contributed by atoms with E-state index in [0.29, 0.717) is 19.4 Å². The number of rotatable bonds is 9. The molecular weight excluding hydrogens is 509 g/mol. The van der Waals surface area contributed by atoms with E-state index in [2.05, 4.69) is 5.32 Å². The van der Waals surface area contributed by atoms with Crippen molar-refractivity contribution in [2.24, 2.45) is 5.92 Å². The number of carbonyl (C=O) groups is 2. The van der Waals surface area contributed by atoms with Crippen molar-refractivity contribution < 1.29 is 33.2 Å². The summed E-state index contributed by atoms with van der Waals surface area (Å²) in [5.74, 6) is -4.41. The maximum Gasteiger partial charge on any atom is 0.475 e. The van der Waals surface area contributed by atoms with Crippen LogP contribution in [0.3, 0.4) is 0 Å². The van der Waals surface area contributed by atoms with Crippen LogP contribution < -0.4 is 5.32 Å². The minimum atomic E-state index is -2.79. The topological polar surface area (TPSA) is 126 Å². The van der Waals surface area contributed by atoms with Crippen molar-refractivity contribution in [3.05, 3.63) is 47.0 Å². The zero-order valence-corrected chi connectivity index (χ0v) is 22.7. The Morgan fingerprint density at radius 2 is 2.00 bits per heavy atom. The summed E-state index contributed by atoms with van der Waals surface area (Å²) in [4.78, 5) is 28.6. The Kier molecular flexibility index (Phi) is 10.1. The number of aryl methyl sites for hydroxylation is 1. The predicted octanol–water partition coefficient (Wildman–Crippen LogP) is 2.45. The van der Waals surface area contributed by atoms with E-state index in [1.165, 1.54) is 11.0 Å². The van der Waals surface area contributed by atoms with Gasteiger partial charge >= 0.3 is 13.2 Å². The van der Waals surface area contributed by atoms with Gasteiger partial charge in [-0.05, 0) is 51.7 Å². The molecule has 2 saturated heterocycles. The van der Waals surface area contributed by atoms with E-state index in [1.54, 1.807) is 18.7 Å². The molecule has 0 saturated carbocycles. The van der Waals surface area contributed by atoms with E-state index in [9.17, 15) is 33.7 Å². The summed E-state index contributed by atoms with van der Waals surface area (Å²) in [5.41, 5.74) is 0.877. The molecule has 39 heavy (non-hydrogen) atoms. The van der Waals surface area contributed by atoms with Crippen LogP contribution in [-0.2, 0) is 16.0 Å². The van der Waals surface area contributed by atoms with Crippen LogP contribution in [0.25, 0.3) is 0 Å². The number of nitrogens with one attached hydrogen (secondary N) is 1. The lowest BCUT2D eigenvalue weighted by Gasteiger charge is -2.35. The molecule has 1 aromatic carbocycles. The number of piperidine rings is 1. The molecule has 2 aliphatic heterocycles. The fourth-order valence-electron chi connectivity index (χ4n) is 4.97. The predicted molar refractivity (Wildman–Crippen MR) is 142 cm³/mol. The van der Waals surface area contributed by atoms with Gasteiger partial charge in [0, 0.05) is 37.5 Å². The largest absolute Gasteiger partial charge is 0.475 e. The number of ether oxygens (including phenoxy) is 1. The summed E-state index contributed by atoms with van der Waals surface area (Å²) < 4.78 is 32.8. The van der Waals surface area contributed by atoms with Gasteiger partial charge in [0.15, 0.2) is 0 Å². The number of alkyl carbamates (subject to hydrolysis) is 1. The number of nitrogens with zero attached hydrogens (tertiary/aromatic N) is 3. The molecule has 1 aromatic rings. The number of hydrogen-bond donors (Lipinski definition) is 3.